The number of nitrogens with one attached hydrogen (secondary N) is 1. The van der Waals surface area contributed by atoms with Crippen LogP contribution in [0.5, 0.6) is 0 Å². The summed E-state index contributed by atoms with van der Waals surface area (Å²) in [5.41, 5.74) is 2.60. The molecule has 1 N–H and O–H groups in total. The van der Waals surface area contributed by atoms with Gasteiger partial charge in [0.1, 0.15) is 0 Å². The molecule has 0 bridgehead atoms. The van der Waals surface area contributed by atoms with Crippen LogP contribution in [0.4, 0.5) is 5.69 Å². The Morgan fingerprint density at radius 2 is 1.89 bits per heavy atom. The maximum atomic E-state index is 3.53. The number of aryl methyl sites for hydroxylation is 1. The summed E-state index contributed by atoms with van der Waals surface area (Å²) in [6.45, 7) is 4.40. The Labute approximate surface area is 121 Å². The molecule has 0 saturated carbocycles. The minimum atomic E-state index is 0.346. The second-order valence-electron chi connectivity index (χ2n) is 4.45. The van der Waals surface area contributed by atoms with Crippen molar-refractivity contribution in [2.75, 3.05) is 5.32 Å². The molecule has 0 aliphatic carbocycles. The molecule has 1 aromatic heterocycles. The van der Waals surface area contributed by atoms with E-state index in [1.807, 2.05) is 0 Å². The molecular formula is C15H18BrNS. The molecule has 0 amide bonds. The molecule has 0 fully saturated rings. The normalized spacial score (nSPS) is 12.4. The fraction of sp³-hybridized carbons (Fsp3) is 0.333. The van der Waals surface area contributed by atoms with E-state index in [9.17, 15) is 0 Å². The lowest BCUT2D eigenvalue weighted by Gasteiger charge is -2.14. The third-order valence-electron chi connectivity index (χ3n) is 2.90. The highest BCUT2D eigenvalue weighted by Gasteiger charge is 2.07. The van der Waals surface area contributed by atoms with Crippen molar-refractivity contribution >= 4 is 33.0 Å². The molecule has 18 heavy (non-hydrogen) atoms. The van der Waals surface area contributed by atoms with Gasteiger partial charge in [-0.25, -0.2) is 0 Å². The summed E-state index contributed by atoms with van der Waals surface area (Å²) in [5.74, 6) is 0. The van der Waals surface area contributed by atoms with Crippen LogP contribution in [0.25, 0.3) is 0 Å². The van der Waals surface area contributed by atoms with E-state index in [1.54, 1.807) is 11.3 Å². The van der Waals surface area contributed by atoms with Crippen LogP contribution in [0, 0.1) is 0 Å². The summed E-state index contributed by atoms with van der Waals surface area (Å²) >= 11 is 5.28. The zero-order chi connectivity index (χ0) is 13.0. The number of rotatable bonds is 5. The van der Waals surface area contributed by atoms with Crippen molar-refractivity contribution in [1.29, 1.82) is 0 Å². The van der Waals surface area contributed by atoms with Gasteiger partial charge in [0.2, 0.25) is 0 Å². The average Bonchev–Trinajstić information content (AvgIpc) is 2.79. The highest BCUT2D eigenvalue weighted by molar-refractivity contribution is 9.11. The van der Waals surface area contributed by atoms with E-state index in [1.165, 1.54) is 26.3 Å². The van der Waals surface area contributed by atoms with Gasteiger partial charge >= 0.3 is 0 Å². The summed E-state index contributed by atoms with van der Waals surface area (Å²) in [5, 5.41) is 3.53. The molecule has 0 saturated heterocycles. The SMILES string of the molecule is CCCc1ccc(NC(C)c2ccc(Br)s2)cc1. The van der Waals surface area contributed by atoms with E-state index in [0.717, 1.165) is 6.42 Å². The quantitative estimate of drug-likeness (QED) is 0.751. The number of anilines is 1. The summed E-state index contributed by atoms with van der Waals surface area (Å²) in [4.78, 5) is 1.35. The van der Waals surface area contributed by atoms with Crippen LogP contribution in [0.2, 0.25) is 0 Å². The number of hydrogen-bond donors (Lipinski definition) is 1. The van der Waals surface area contributed by atoms with Crippen molar-refractivity contribution in [3.8, 4) is 0 Å². The van der Waals surface area contributed by atoms with Crippen LogP contribution in [-0.2, 0) is 6.42 Å². The Balaban J connectivity index is 2.00. The van der Waals surface area contributed by atoms with E-state index in [2.05, 4.69) is 71.5 Å². The van der Waals surface area contributed by atoms with Crippen LogP contribution >= 0.6 is 27.3 Å². The lowest BCUT2D eigenvalue weighted by Crippen LogP contribution is -2.04. The van der Waals surface area contributed by atoms with Crippen molar-refractivity contribution in [2.45, 2.75) is 32.7 Å². The zero-order valence-electron chi connectivity index (χ0n) is 10.7. The van der Waals surface area contributed by atoms with E-state index < -0.39 is 0 Å². The van der Waals surface area contributed by atoms with Gasteiger partial charge in [-0.15, -0.1) is 11.3 Å². The van der Waals surface area contributed by atoms with Crippen molar-refractivity contribution in [3.05, 3.63) is 50.6 Å². The van der Waals surface area contributed by atoms with Crippen molar-refractivity contribution in [3.63, 3.8) is 0 Å². The van der Waals surface area contributed by atoms with Crippen LogP contribution < -0.4 is 5.32 Å². The third kappa shape index (κ3) is 3.59. The Kier molecular flexibility index (Phi) is 4.84. The van der Waals surface area contributed by atoms with Gasteiger partial charge in [0.15, 0.2) is 0 Å². The highest BCUT2D eigenvalue weighted by Crippen LogP contribution is 2.29. The maximum absolute atomic E-state index is 3.53. The zero-order valence-corrected chi connectivity index (χ0v) is 13.1. The third-order valence-corrected chi connectivity index (χ3v) is 4.70. The van der Waals surface area contributed by atoms with Crippen molar-refractivity contribution < 1.29 is 0 Å². The minimum absolute atomic E-state index is 0.346. The van der Waals surface area contributed by atoms with Gasteiger partial charge in [-0.1, -0.05) is 25.5 Å². The molecule has 0 aliphatic rings. The van der Waals surface area contributed by atoms with Crippen LogP contribution in [0.15, 0.2) is 40.2 Å². The molecular weight excluding hydrogens is 306 g/mol. The van der Waals surface area contributed by atoms with E-state index >= 15 is 0 Å². The van der Waals surface area contributed by atoms with Crippen molar-refractivity contribution in [2.24, 2.45) is 0 Å². The lowest BCUT2D eigenvalue weighted by atomic mass is 10.1. The van der Waals surface area contributed by atoms with Crippen LogP contribution in [-0.4, -0.2) is 0 Å². The first kappa shape index (κ1) is 13.6. The predicted molar refractivity (Wildman–Crippen MR) is 84.5 cm³/mol. The molecule has 1 heterocycles. The summed E-state index contributed by atoms with van der Waals surface area (Å²) < 4.78 is 1.18. The van der Waals surface area contributed by atoms with Gasteiger partial charge in [-0.05, 0) is 59.1 Å². The molecule has 1 nitrogen and oxygen atoms in total. The maximum Gasteiger partial charge on any atom is 0.0702 e. The standard InChI is InChI=1S/C15H18BrNS/c1-3-4-12-5-7-13(8-6-12)17-11(2)14-9-10-15(16)18-14/h5-11,17H,3-4H2,1-2H3. The minimum Gasteiger partial charge on any atom is -0.378 e. The highest BCUT2D eigenvalue weighted by atomic mass is 79.9. The number of hydrogen-bond acceptors (Lipinski definition) is 2. The number of benzene rings is 1. The predicted octanol–water partition coefficient (Wildman–Crippen LogP) is 5.64. The molecule has 96 valence electrons. The van der Waals surface area contributed by atoms with Gasteiger partial charge in [0.05, 0.1) is 9.83 Å². The number of halogens is 1. The second-order valence-corrected chi connectivity index (χ2v) is 6.95. The van der Waals surface area contributed by atoms with Crippen LogP contribution in [0.1, 0.15) is 36.8 Å². The Hall–Kier alpha value is -0.800. The van der Waals surface area contributed by atoms with Crippen molar-refractivity contribution in [1.82, 2.24) is 0 Å². The molecule has 1 aromatic carbocycles. The Bertz CT molecular complexity index is 489. The fourth-order valence-electron chi connectivity index (χ4n) is 1.94. The average molecular weight is 324 g/mol. The smallest absolute Gasteiger partial charge is 0.0702 e. The number of thiophene rings is 1. The van der Waals surface area contributed by atoms with Gasteiger partial charge in [0, 0.05) is 10.6 Å². The molecule has 1 atom stereocenters. The summed E-state index contributed by atoms with van der Waals surface area (Å²) in [6, 6.07) is 13.4. The molecule has 1 unspecified atom stereocenters. The molecule has 2 aromatic rings. The molecule has 0 spiro atoms. The Morgan fingerprint density at radius 3 is 2.44 bits per heavy atom. The topological polar surface area (TPSA) is 12.0 Å². The fourth-order valence-corrected chi connectivity index (χ4v) is 3.36. The first-order valence-electron chi connectivity index (χ1n) is 6.29. The summed E-state index contributed by atoms with van der Waals surface area (Å²) in [6.07, 6.45) is 2.36. The van der Waals surface area contributed by atoms with E-state index in [0.29, 0.717) is 6.04 Å². The second kappa shape index (κ2) is 6.39. The molecule has 2 rings (SSSR count). The largest absolute Gasteiger partial charge is 0.378 e. The lowest BCUT2D eigenvalue weighted by molar-refractivity contribution is 0.903. The molecule has 0 aliphatic heterocycles. The van der Waals surface area contributed by atoms with Crippen LogP contribution in [0.3, 0.4) is 0 Å². The monoisotopic (exact) mass is 323 g/mol. The van der Waals surface area contributed by atoms with Gasteiger partial charge in [-0.2, -0.15) is 0 Å². The van der Waals surface area contributed by atoms with E-state index in [4.69, 9.17) is 0 Å². The van der Waals surface area contributed by atoms with E-state index in [-0.39, 0.29) is 0 Å². The molecule has 0 radical (unpaired) electrons. The first-order valence-corrected chi connectivity index (χ1v) is 7.90. The van der Waals surface area contributed by atoms with Gasteiger partial charge in [0.25, 0.3) is 0 Å². The van der Waals surface area contributed by atoms with Gasteiger partial charge < -0.3 is 5.32 Å². The summed E-state index contributed by atoms with van der Waals surface area (Å²) in [7, 11) is 0. The molecule has 3 heteroatoms. The Morgan fingerprint density at radius 1 is 1.17 bits per heavy atom. The van der Waals surface area contributed by atoms with Gasteiger partial charge in [-0.3, -0.25) is 0 Å². The first-order chi connectivity index (χ1) is 8.69.